The minimum Gasteiger partial charge on any atom is -0.456 e. The molecule has 330 valence electrons. The monoisotopic (exact) mass is 880 g/mol. The van der Waals surface area contributed by atoms with Gasteiger partial charge in [-0.3, -0.25) is 0 Å². The van der Waals surface area contributed by atoms with Crippen LogP contribution in [-0.2, 0) is 21.7 Å². The summed E-state index contributed by atoms with van der Waals surface area (Å²) >= 11 is 0. The van der Waals surface area contributed by atoms with Gasteiger partial charge in [-0.05, 0) is 145 Å². The van der Waals surface area contributed by atoms with Crippen LogP contribution in [0.2, 0.25) is 0 Å². The highest BCUT2D eigenvalue weighted by atomic mass is 16.3. The Morgan fingerprint density at radius 2 is 1.13 bits per heavy atom. The van der Waals surface area contributed by atoms with Crippen molar-refractivity contribution in [2.24, 2.45) is 0 Å². The standard InChI is InChI=1S/C63H53BN2O2/c1-60(2,3)34-22-24-35(25-23-34)66-48-29-39-36-16-11-14-20-50(36)67-52(39)31-42(48)56-57-54(38-18-10-13-19-43(38)63(57,8)9)55-41-28-44-45(62(6,7)27-26-61(44,4)5)32-47(41)65-49-30-40-37-17-12-15-21-51(37)68-53(40)33-46(49)64(66)58(56)59(55)65/h10-25,28-33H,26-27H2,1-9H3. The highest BCUT2D eigenvalue weighted by Gasteiger charge is 2.51. The average Bonchev–Trinajstić information content (AvgIpc) is 4.04. The molecule has 0 saturated carbocycles. The second-order valence-corrected chi connectivity index (χ2v) is 23.5. The van der Waals surface area contributed by atoms with E-state index in [4.69, 9.17) is 8.83 Å². The van der Waals surface area contributed by atoms with Gasteiger partial charge in [0.05, 0.1) is 11.0 Å². The van der Waals surface area contributed by atoms with Gasteiger partial charge in [0.15, 0.2) is 0 Å². The molecular formula is C63H53BN2O2. The van der Waals surface area contributed by atoms with Crippen molar-refractivity contribution in [1.29, 1.82) is 0 Å². The third-order valence-corrected chi connectivity index (χ3v) is 17.3. The van der Waals surface area contributed by atoms with Gasteiger partial charge in [-0.1, -0.05) is 135 Å². The van der Waals surface area contributed by atoms with E-state index in [1.54, 1.807) is 0 Å². The Morgan fingerprint density at radius 3 is 1.81 bits per heavy atom. The summed E-state index contributed by atoms with van der Waals surface area (Å²) in [7, 11) is 0. The third-order valence-electron chi connectivity index (χ3n) is 17.3. The summed E-state index contributed by atoms with van der Waals surface area (Å²) in [5.74, 6) is 0. The van der Waals surface area contributed by atoms with Crippen molar-refractivity contribution in [3.8, 4) is 27.9 Å². The molecule has 0 unspecified atom stereocenters. The van der Waals surface area contributed by atoms with E-state index in [0.717, 1.165) is 62.4 Å². The molecule has 0 spiro atoms. The van der Waals surface area contributed by atoms with Crippen LogP contribution >= 0.6 is 0 Å². The number of benzene rings is 8. The summed E-state index contributed by atoms with van der Waals surface area (Å²) in [6.45, 7) is 21.6. The number of aromatic nitrogens is 1. The van der Waals surface area contributed by atoms with Crippen molar-refractivity contribution in [2.75, 3.05) is 4.81 Å². The molecule has 0 bridgehead atoms. The fraction of sp³-hybridized carbons (Fsp3) is 0.238. The summed E-state index contributed by atoms with van der Waals surface area (Å²) in [4.78, 5) is 2.68. The van der Waals surface area contributed by atoms with E-state index in [9.17, 15) is 0 Å². The van der Waals surface area contributed by atoms with E-state index >= 15 is 0 Å². The summed E-state index contributed by atoms with van der Waals surface area (Å²) in [6.07, 6.45) is 2.31. The molecule has 5 heterocycles. The molecule has 4 nitrogen and oxygen atoms in total. The zero-order valence-electron chi connectivity index (χ0n) is 40.4. The maximum Gasteiger partial charge on any atom is 0.333 e. The van der Waals surface area contributed by atoms with E-state index in [-0.39, 0.29) is 28.5 Å². The third kappa shape index (κ3) is 4.73. The molecule has 68 heavy (non-hydrogen) atoms. The number of hydrogen-bond acceptors (Lipinski definition) is 3. The highest BCUT2D eigenvalue weighted by Crippen LogP contribution is 2.60. The van der Waals surface area contributed by atoms with E-state index in [2.05, 4.69) is 205 Å². The smallest absolute Gasteiger partial charge is 0.333 e. The topological polar surface area (TPSA) is 34.5 Å². The molecule has 11 aromatic rings. The summed E-state index contributed by atoms with van der Waals surface area (Å²) in [5, 5.41) is 7.28. The van der Waals surface area contributed by atoms with Crippen molar-refractivity contribution in [1.82, 2.24) is 4.57 Å². The first-order valence-electron chi connectivity index (χ1n) is 24.7. The van der Waals surface area contributed by atoms with Gasteiger partial charge in [0.25, 0.3) is 0 Å². The van der Waals surface area contributed by atoms with Crippen molar-refractivity contribution in [3.05, 3.63) is 161 Å². The van der Waals surface area contributed by atoms with Gasteiger partial charge in [0.1, 0.15) is 22.3 Å². The highest BCUT2D eigenvalue weighted by molar-refractivity contribution is 6.94. The molecule has 0 amide bonds. The van der Waals surface area contributed by atoms with E-state index in [1.807, 2.05) is 0 Å². The summed E-state index contributed by atoms with van der Waals surface area (Å²) in [5.41, 5.74) is 24.6. The minimum absolute atomic E-state index is 0.00762. The van der Waals surface area contributed by atoms with Crippen LogP contribution < -0.4 is 15.7 Å². The number of furan rings is 2. The average molecular weight is 881 g/mol. The zero-order valence-corrected chi connectivity index (χ0v) is 40.4. The van der Waals surface area contributed by atoms with Crippen LogP contribution in [-0.4, -0.2) is 11.4 Å². The molecule has 0 atom stereocenters. The first kappa shape index (κ1) is 39.1. The van der Waals surface area contributed by atoms with Crippen LogP contribution in [0.4, 0.5) is 11.4 Å². The number of nitrogens with zero attached hydrogens (tertiary/aromatic N) is 2. The second-order valence-electron chi connectivity index (χ2n) is 23.5. The molecule has 0 radical (unpaired) electrons. The molecule has 2 aliphatic heterocycles. The van der Waals surface area contributed by atoms with Crippen LogP contribution in [0.25, 0.3) is 93.6 Å². The van der Waals surface area contributed by atoms with Crippen LogP contribution in [0.1, 0.15) is 103 Å². The van der Waals surface area contributed by atoms with Gasteiger partial charge in [0.2, 0.25) is 0 Å². The summed E-state index contributed by atoms with van der Waals surface area (Å²) < 4.78 is 16.4. The zero-order chi connectivity index (χ0) is 46.1. The quantitative estimate of drug-likeness (QED) is 0.154. The molecule has 0 N–H and O–H groups in total. The van der Waals surface area contributed by atoms with Gasteiger partial charge in [0, 0.05) is 60.4 Å². The predicted octanol–water partition coefficient (Wildman–Crippen LogP) is 15.8. The minimum atomic E-state index is -0.306. The Kier molecular flexibility index (Phi) is 7.11. The fourth-order valence-corrected chi connectivity index (χ4v) is 13.8. The van der Waals surface area contributed by atoms with Gasteiger partial charge >= 0.3 is 6.85 Å². The summed E-state index contributed by atoms with van der Waals surface area (Å²) in [6, 6.07) is 50.8. The lowest BCUT2D eigenvalue weighted by Crippen LogP contribution is -2.61. The molecule has 2 aliphatic carbocycles. The lowest BCUT2D eigenvalue weighted by Gasteiger charge is -2.43. The Morgan fingerprint density at radius 1 is 0.529 bits per heavy atom. The van der Waals surface area contributed by atoms with E-state index < -0.39 is 0 Å². The number of fused-ring (bicyclic) bond motifs is 20. The van der Waals surface area contributed by atoms with Gasteiger partial charge in [-0.25, -0.2) is 0 Å². The van der Waals surface area contributed by atoms with Crippen molar-refractivity contribution in [3.63, 3.8) is 0 Å². The predicted molar refractivity (Wildman–Crippen MR) is 286 cm³/mol. The van der Waals surface area contributed by atoms with Gasteiger partial charge < -0.3 is 18.2 Å². The molecule has 0 saturated heterocycles. The number of para-hydroxylation sites is 2. The molecule has 15 rings (SSSR count). The van der Waals surface area contributed by atoms with Crippen molar-refractivity contribution >= 4 is 94.8 Å². The van der Waals surface area contributed by atoms with Crippen LogP contribution in [0.5, 0.6) is 0 Å². The van der Waals surface area contributed by atoms with Crippen LogP contribution in [0.15, 0.2) is 142 Å². The molecule has 3 aromatic heterocycles. The van der Waals surface area contributed by atoms with E-state index in [0.29, 0.717) is 0 Å². The number of anilines is 2. The molecule has 8 aromatic carbocycles. The first-order valence-corrected chi connectivity index (χ1v) is 24.7. The lowest BCUT2D eigenvalue weighted by molar-refractivity contribution is 0.332. The van der Waals surface area contributed by atoms with Crippen molar-refractivity contribution < 1.29 is 8.83 Å². The maximum atomic E-state index is 6.88. The fourth-order valence-electron chi connectivity index (χ4n) is 13.8. The Balaban J connectivity index is 1.21. The Bertz CT molecular complexity index is 4110. The Hall–Kier alpha value is -6.98. The lowest BCUT2D eigenvalue weighted by atomic mass is 9.43. The second kappa shape index (κ2) is 12.4. The molecular weight excluding hydrogens is 828 g/mol. The van der Waals surface area contributed by atoms with E-state index in [1.165, 1.54) is 94.2 Å². The SMILES string of the molecule is CC(C)(C)c1ccc(N2B3c4cc5oc6ccccc6c5cc4-n4c5cc6c(cc5c5c7c(c(c3c54)-c3cc4oc5ccccc5c4cc32)C(C)(C)c2ccccc2-7)C(C)(C)CCC6(C)C)cc1. The van der Waals surface area contributed by atoms with Crippen molar-refractivity contribution in [2.45, 2.75) is 96.8 Å². The molecule has 5 heteroatoms. The number of hydrogen-bond donors (Lipinski definition) is 0. The van der Waals surface area contributed by atoms with Gasteiger partial charge in [-0.2, -0.15) is 0 Å². The van der Waals surface area contributed by atoms with Gasteiger partial charge in [-0.15, -0.1) is 0 Å². The maximum absolute atomic E-state index is 6.88. The normalized spacial score (nSPS) is 17.1. The largest absolute Gasteiger partial charge is 0.456 e. The number of rotatable bonds is 1. The Labute approximate surface area is 397 Å². The molecule has 4 aliphatic rings. The first-order chi connectivity index (χ1) is 32.6. The van der Waals surface area contributed by atoms with Crippen LogP contribution in [0.3, 0.4) is 0 Å². The van der Waals surface area contributed by atoms with Crippen LogP contribution in [0, 0.1) is 0 Å². The molecule has 0 fully saturated rings.